The van der Waals surface area contributed by atoms with Crippen molar-refractivity contribution in [2.75, 3.05) is 5.32 Å². The van der Waals surface area contributed by atoms with Gasteiger partial charge in [-0.1, -0.05) is 32.0 Å². The Morgan fingerprint density at radius 2 is 1.96 bits per heavy atom. The fraction of sp³-hybridized carbons (Fsp3) is 0.235. The molecule has 0 radical (unpaired) electrons. The molecule has 5 nitrogen and oxygen atoms in total. The number of carbonyl (C=O) groups is 1. The summed E-state index contributed by atoms with van der Waals surface area (Å²) >= 11 is 1.50. The van der Waals surface area contributed by atoms with Crippen LogP contribution in [0.3, 0.4) is 0 Å². The number of benzene rings is 1. The summed E-state index contributed by atoms with van der Waals surface area (Å²) in [7, 11) is 0. The number of hydrogen-bond acceptors (Lipinski definition) is 4. The van der Waals surface area contributed by atoms with Crippen molar-refractivity contribution < 1.29 is 4.79 Å². The Kier molecular flexibility index (Phi) is 4.25. The Morgan fingerprint density at radius 1 is 1.22 bits per heavy atom. The zero-order valence-corrected chi connectivity index (χ0v) is 14.1. The normalized spacial score (nSPS) is 11.0. The summed E-state index contributed by atoms with van der Waals surface area (Å²) < 4.78 is 1.76. The number of thiazole rings is 1. The van der Waals surface area contributed by atoms with Crippen molar-refractivity contribution in [3.05, 3.63) is 58.9 Å². The van der Waals surface area contributed by atoms with Crippen LogP contribution in [-0.2, 0) is 0 Å². The fourth-order valence-electron chi connectivity index (χ4n) is 2.24. The molecule has 1 aromatic carbocycles. The van der Waals surface area contributed by atoms with Crippen molar-refractivity contribution >= 4 is 22.4 Å². The number of rotatable bonds is 4. The number of nitrogens with zero attached hydrogens (tertiary/aromatic N) is 3. The lowest BCUT2D eigenvalue weighted by Gasteiger charge is -2.05. The second-order valence-electron chi connectivity index (χ2n) is 5.57. The van der Waals surface area contributed by atoms with E-state index in [1.165, 1.54) is 11.3 Å². The average Bonchev–Trinajstić information content (AvgIpc) is 3.15. The Morgan fingerprint density at radius 3 is 2.61 bits per heavy atom. The largest absolute Gasteiger partial charge is 0.298 e. The van der Waals surface area contributed by atoms with Crippen LogP contribution in [0.15, 0.2) is 42.7 Å². The van der Waals surface area contributed by atoms with Gasteiger partial charge >= 0.3 is 0 Å². The molecular formula is C17H18N4OS. The van der Waals surface area contributed by atoms with E-state index < -0.39 is 0 Å². The number of hydrogen-bond donors (Lipinski definition) is 1. The average molecular weight is 326 g/mol. The molecule has 3 rings (SSSR count). The second kappa shape index (κ2) is 6.34. The standard InChI is InChI=1S/C17H18N4OS/c1-11(2)15-10-18-17(23-15)20-16(22)14-9-19-21(12(14)3)13-7-5-4-6-8-13/h4-11H,1-3H3,(H,18,20,22). The van der Waals surface area contributed by atoms with Gasteiger partial charge in [0.2, 0.25) is 0 Å². The van der Waals surface area contributed by atoms with Gasteiger partial charge < -0.3 is 0 Å². The Balaban J connectivity index is 1.81. The SMILES string of the molecule is Cc1c(C(=O)Nc2ncc(C(C)C)s2)cnn1-c1ccccc1. The van der Waals surface area contributed by atoms with E-state index in [1.807, 2.05) is 43.5 Å². The minimum Gasteiger partial charge on any atom is -0.298 e. The lowest BCUT2D eigenvalue weighted by molar-refractivity contribution is 0.102. The summed E-state index contributed by atoms with van der Waals surface area (Å²) in [6, 6.07) is 9.75. The first kappa shape index (κ1) is 15.4. The summed E-state index contributed by atoms with van der Waals surface area (Å²) in [5, 5.41) is 7.79. The number of aromatic nitrogens is 3. The van der Waals surface area contributed by atoms with Gasteiger partial charge in [0.1, 0.15) is 0 Å². The van der Waals surface area contributed by atoms with E-state index in [2.05, 4.69) is 29.2 Å². The van der Waals surface area contributed by atoms with E-state index in [1.54, 1.807) is 10.9 Å². The molecule has 0 saturated heterocycles. The highest BCUT2D eigenvalue weighted by molar-refractivity contribution is 7.15. The number of para-hydroxylation sites is 1. The van der Waals surface area contributed by atoms with Gasteiger partial charge in [-0.05, 0) is 25.0 Å². The van der Waals surface area contributed by atoms with Crippen LogP contribution >= 0.6 is 11.3 Å². The summed E-state index contributed by atoms with van der Waals surface area (Å²) in [5.74, 6) is 0.218. The van der Waals surface area contributed by atoms with Gasteiger partial charge in [-0.15, -0.1) is 11.3 Å². The van der Waals surface area contributed by atoms with Crippen molar-refractivity contribution in [3.63, 3.8) is 0 Å². The molecule has 3 aromatic rings. The molecule has 118 valence electrons. The van der Waals surface area contributed by atoms with Crippen LogP contribution < -0.4 is 5.32 Å². The predicted octanol–water partition coefficient (Wildman–Crippen LogP) is 4.01. The van der Waals surface area contributed by atoms with Crippen LogP contribution in [0.2, 0.25) is 0 Å². The van der Waals surface area contributed by atoms with Gasteiger partial charge in [-0.2, -0.15) is 5.10 Å². The lowest BCUT2D eigenvalue weighted by Crippen LogP contribution is -2.12. The molecule has 0 aliphatic heterocycles. The predicted molar refractivity (Wildman–Crippen MR) is 92.5 cm³/mol. The first-order chi connectivity index (χ1) is 11.1. The second-order valence-corrected chi connectivity index (χ2v) is 6.63. The van der Waals surface area contributed by atoms with E-state index in [0.717, 1.165) is 16.3 Å². The summed E-state index contributed by atoms with van der Waals surface area (Å²) in [6.45, 7) is 6.09. The van der Waals surface area contributed by atoms with Crippen molar-refractivity contribution in [1.82, 2.24) is 14.8 Å². The van der Waals surface area contributed by atoms with Crippen molar-refractivity contribution in [2.45, 2.75) is 26.7 Å². The summed E-state index contributed by atoms with van der Waals surface area (Å²) in [4.78, 5) is 17.9. The third-order valence-electron chi connectivity index (χ3n) is 3.57. The van der Waals surface area contributed by atoms with Gasteiger partial charge in [0.05, 0.1) is 23.1 Å². The van der Waals surface area contributed by atoms with Crippen molar-refractivity contribution in [3.8, 4) is 5.69 Å². The third-order valence-corrected chi connectivity index (χ3v) is 4.78. The van der Waals surface area contributed by atoms with Crippen molar-refractivity contribution in [1.29, 1.82) is 0 Å². The molecule has 1 amide bonds. The van der Waals surface area contributed by atoms with Crippen molar-refractivity contribution in [2.24, 2.45) is 0 Å². The van der Waals surface area contributed by atoms with Gasteiger partial charge in [0, 0.05) is 11.1 Å². The quantitative estimate of drug-likeness (QED) is 0.788. The molecule has 1 N–H and O–H groups in total. The minimum atomic E-state index is -0.186. The summed E-state index contributed by atoms with van der Waals surface area (Å²) in [6.07, 6.45) is 3.40. The van der Waals surface area contributed by atoms with Gasteiger partial charge in [0.25, 0.3) is 5.91 Å². The maximum Gasteiger partial charge on any atom is 0.260 e. The zero-order chi connectivity index (χ0) is 16.4. The van der Waals surface area contributed by atoms with E-state index in [4.69, 9.17) is 0 Å². The molecule has 0 fully saturated rings. The molecule has 0 saturated carbocycles. The molecule has 0 atom stereocenters. The zero-order valence-electron chi connectivity index (χ0n) is 13.3. The highest BCUT2D eigenvalue weighted by atomic mass is 32.1. The molecule has 6 heteroatoms. The molecule has 2 heterocycles. The first-order valence-corrected chi connectivity index (χ1v) is 8.25. The highest BCUT2D eigenvalue weighted by Crippen LogP contribution is 2.25. The molecule has 0 spiro atoms. The molecule has 23 heavy (non-hydrogen) atoms. The smallest absolute Gasteiger partial charge is 0.260 e. The molecule has 2 aromatic heterocycles. The lowest BCUT2D eigenvalue weighted by atomic mass is 10.2. The molecular weight excluding hydrogens is 308 g/mol. The topological polar surface area (TPSA) is 59.8 Å². The number of anilines is 1. The van der Waals surface area contributed by atoms with Crippen LogP contribution in [0.1, 0.15) is 40.7 Å². The van der Waals surface area contributed by atoms with Crippen LogP contribution in [0.5, 0.6) is 0 Å². The van der Waals surface area contributed by atoms with Crippen LogP contribution in [0.25, 0.3) is 5.69 Å². The monoisotopic (exact) mass is 326 g/mol. The van der Waals surface area contributed by atoms with Gasteiger partial charge in [-0.25, -0.2) is 9.67 Å². The van der Waals surface area contributed by atoms with E-state index in [9.17, 15) is 4.79 Å². The maximum absolute atomic E-state index is 12.5. The van der Waals surface area contributed by atoms with Crippen LogP contribution in [0.4, 0.5) is 5.13 Å². The minimum absolute atomic E-state index is 0.186. The molecule has 0 aliphatic rings. The number of carbonyl (C=O) groups excluding carboxylic acids is 1. The molecule has 0 aliphatic carbocycles. The first-order valence-electron chi connectivity index (χ1n) is 7.43. The van der Waals surface area contributed by atoms with Gasteiger partial charge in [0.15, 0.2) is 5.13 Å². The van der Waals surface area contributed by atoms with E-state index in [0.29, 0.717) is 16.6 Å². The summed E-state index contributed by atoms with van der Waals surface area (Å²) in [5.41, 5.74) is 2.28. The van der Waals surface area contributed by atoms with E-state index in [-0.39, 0.29) is 5.91 Å². The highest BCUT2D eigenvalue weighted by Gasteiger charge is 2.16. The Bertz CT molecular complexity index is 820. The third kappa shape index (κ3) is 3.17. The Labute approximate surface area is 139 Å². The Hall–Kier alpha value is -2.47. The van der Waals surface area contributed by atoms with E-state index >= 15 is 0 Å². The molecule has 0 unspecified atom stereocenters. The number of amides is 1. The van der Waals surface area contributed by atoms with Crippen LogP contribution in [0, 0.1) is 6.92 Å². The fourth-order valence-corrected chi connectivity index (χ4v) is 3.05. The van der Waals surface area contributed by atoms with Gasteiger partial charge in [-0.3, -0.25) is 10.1 Å². The number of nitrogens with one attached hydrogen (secondary N) is 1. The molecule has 0 bridgehead atoms. The van der Waals surface area contributed by atoms with Crippen LogP contribution in [-0.4, -0.2) is 20.7 Å². The maximum atomic E-state index is 12.5.